The Labute approximate surface area is 391 Å². The molecule has 0 aromatic carbocycles. The lowest BCUT2D eigenvalue weighted by Gasteiger charge is -2.27. The quantitative estimate of drug-likeness (QED) is 0.147. The summed E-state index contributed by atoms with van der Waals surface area (Å²) >= 11 is 0. The van der Waals surface area contributed by atoms with E-state index in [1.54, 1.807) is 20.8 Å². The first kappa shape index (κ1) is 55.2. The van der Waals surface area contributed by atoms with E-state index in [0.29, 0.717) is 12.2 Å². The SMILES string of the molecule is CC(C)[C@H]1CN(c2ccc(C(F)(F)F)nc2)C(=O)N1.CC(C)[C@H]1CN(c2ccc(C(F)(F)F)nc2)C(=O)N1CC(=O)O.CC(C)[C@H]1CN(c2ccc(C(F)(F)F)nc2)C(=O)N1CC(=O)OC(C)(C)C. The van der Waals surface area contributed by atoms with Crippen LogP contribution < -0.4 is 20.0 Å². The molecular weight excluding hydrogens is 938 g/mol. The number of urea groups is 3. The second-order valence-corrected chi connectivity index (χ2v) is 18.3. The summed E-state index contributed by atoms with van der Waals surface area (Å²) in [5.74, 6) is -1.36. The van der Waals surface area contributed by atoms with Gasteiger partial charge in [0.15, 0.2) is 0 Å². The molecule has 3 aromatic rings. The van der Waals surface area contributed by atoms with Gasteiger partial charge in [-0.15, -0.1) is 0 Å². The Morgan fingerprint density at radius 1 is 0.609 bits per heavy atom. The maximum Gasteiger partial charge on any atom is 0.433 e. The van der Waals surface area contributed by atoms with Crippen molar-refractivity contribution in [2.75, 3.05) is 47.4 Å². The molecule has 69 heavy (non-hydrogen) atoms. The minimum atomic E-state index is -4.55. The van der Waals surface area contributed by atoms with Crippen molar-refractivity contribution < 1.29 is 73.3 Å². The molecule has 2 N–H and O–H groups in total. The smallest absolute Gasteiger partial charge is 0.433 e. The van der Waals surface area contributed by atoms with Gasteiger partial charge in [-0.1, -0.05) is 41.5 Å². The van der Waals surface area contributed by atoms with Gasteiger partial charge in [0.25, 0.3) is 0 Å². The van der Waals surface area contributed by atoms with Crippen LogP contribution in [0.5, 0.6) is 0 Å². The lowest BCUT2D eigenvalue weighted by atomic mass is 10.0. The summed E-state index contributed by atoms with van der Waals surface area (Å²) in [6.45, 7) is 16.9. The van der Waals surface area contributed by atoms with Gasteiger partial charge in [0.05, 0.1) is 53.8 Å². The number of nitrogens with one attached hydrogen (secondary N) is 1. The number of aromatic nitrogens is 3. The van der Waals surface area contributed by atoms with Gasteiger partial charge in [-0.05, 0) is 74.9 Å². The predicted octanol–water partition coefficient (Wildman–Crippen LogP) is 8.81. The molecule has 0 saturated carbocycles. The largest absolute Gasteiger partial charge is 0.480 e. The Morgan fingerprint density at radius 2 is 0.971 bits per heavy atom. The number of alkyl halides is 9. The van der Waals surface area contributed by atoms with Crippen molar-refractivity contribution in [3.05, 3.63) is 72.1 Å². The second kappa shape index (κ2) is 21.5. The molecule has 25 heteroatoms. The van der Waals surface area contributed by atoms with Crippen LogP contribution in [0.4, 0.5) is 71.0 Å². The van der Waals surface area contributed by atoms with Gasteiger partial charge in [-0.25, -0.2) is 29.3 Å². The van der Waals surface area contributed by atoms with Gasteiger partial charge in [-0.2, -0.15) is 39.5 Å². The van der Waals surface area contributed by atoms with Crippen molar-refractivity contribution in [1.29, 1.82) is 0 Å². The first-order valence-corrected chi connectivity index (χ1v) is 21.5. The summed E-state index contributed by atoms with van der Waals surface area (Å²) in [7, 11) is 0. The van der Waals surface area contributed by atoms with E-state index in [1.807, 2.05) is 41.5 Å². The highest BCUT2D eigenvalue weighted by molar-refractivity contribution is 5.97. The van der Waals surface area contributed by atoms with Crippen molar-refractivity contribution in [2.24, 2.45) is 17.8 Å². The molecule has 0 aliphatic carbocycles. The van der Waals surface area contributed by atoms with E-state index >= 15 is 0 Å². The third kappa shape index (κ3) is 14.5. The van der Waals surface area contributed by atoms with Crippen LogP contribution in [0.2, 0.25) is 0 Å². The number of pyridine rings is 3. The number of carbonyl (C=O) groups excluding carboxylic acids is 4. The summed E-state index contributed by atoms with van der Waals surface area (Å²) in [4.78, 5) is 76.7. The molecule has 6 heterocycles. The predicted molar refractivity (Wildman–Crippen MR) is 232 cm³/mol. The van der Waals surface area contributed by atoms with E-state index in [9.17, 15) is 63.5 Å². The zero-order chi connectivity index (χ0) is 52.1. The summed E-state index contributed by atoms with van der Waals surface area (Å²) in [5, 5.41) is 11.7. The molecule has 3 aliphatic heterocycles. The first-order valence-electron chi connectivity index (χ1n) is 21.5. The number of carbonyl (C=O) groups is 5. The number of hydrogen-bond acceptors (Lipinski definition) is 9. The van der Waals surface area contributed by atoms with Crippen molar-refractivity contribution >= 4 is 47.1 Å². The van der Waals surface area contributed by atoms with Gasteiger partial charge >= 0.3 is 48.6 Å². The maximum atomic E-state index is 12.8. The number of ether oxygens (including phenoxy) is 1. The van der Waals surface area contributed by atoms with E-state index < -0.39 is 71.8 Å². The van der Waals surface area contributed by atoms with Crippen LogP contribution in [0.1, 0.15) is 79.4 Å². The van der Waals surface area contributed by atoms with Gasteiger partial charge in [0, 0.05) is 19.6 Å². The number of carboxylic acid groups (broad SMARTS) is 1. The number of anilines is 3. The number of halogens is 9. The highest BCUT2D eigenvalue weighted by Crippen LogP contribution is 2.34. The molecular formula is C44H54F9N9O7. The van der Waals surface area contributed by atoms with E-state index in [0.717, 1.165) is 42.9 Å². The van der Waals surface area contributed by atoms with Crippen LogP contribution in [0.3, 0.4) is 0 Å². The van der Waals surface area contributed by atoms with Crippen LogP contribution in [0.25, 0.3) is 0 Å². The van der Waals surface area contributed by atoms with Gasteiger partial charge < -0.3 is 25.0 Å². The van der Waals surface area contributed by atoms with Gasteiger partial charge in [0.1, 0.15) is 35.8 Å². The maximum absolute atomic E-state index is 12.8. The van der Waals surface area contributed by atoms with Crippen LogP contribution >= 0.6 is 0 Å². The molecule has 16 nitrogen and oxygen atoms in total. The Balaban J connectivity index is 0.000000229. The van der Waals surface area contributed by atoms with Crippen molar-refractivity contribution in [1.82, 2.24) is 30.1 Å². The number of hydrogen-bond donors (Lipinski definition) is 2. The minimum Gasteiger partial charge on any atom is -0.480 e. The molecule has 3 fully saturated rings. The number of amides is 6. The fraction of sp³-hybridized carbons (Fsp3) is 0.545. The molecule has 3 saturated heterocycles. The number of aliphatic carboxylic acids is 1. The van der Waals surface area contributed by atoms with Crippen LogP contribution in [0.15, 0.2) is 55.0 Å². The molecule has 3 aliphatic rings. The third-order valence-corrected chi connectivity index (χ3v) is 10.8. The molecule has 380 valence electrons. The van der Waals surface area contributed by atoms with Crippen LogP contribution in [-0.2, 0) is 32.9 Å². The van der Waals surface area contributed by atoms with E-state index in [2.05, 4.69) is 20.3 Å². The number of esters is 1. The number of carboxylic acids is 1. The normalized spacial score (nSPS) is 19.0. The molecule has 6 amide bonds. The molecule has 3 atom stereocenters. The zero-order valence-electron chi connectivity index (χ0n) is 39.1. The standard InChI is InChI=1S/C18H24F3N3O3.C14H16F3N3O3.C12H14F3N3O/c1-11(2)13-9-23(12-6-7-14(22-8-12)18(19,20)21)16(26)24(13)10-15(25)27-17(3,4)5;1-8(2)10-6-19(13(23)20(10)7-12(21)22)9-3-4-11(18-5-9)14(15,16)17;1-7(2)9-6-18(11(19)17-9)8-3-4-10(16-5-8)12(13,14)15/h6-8,11,13H,9-10H2,1-5H3;3-5,8,10H,6-7H2,1-2H3,(H,21,22);3-5,7,9H,6H2,1-2H3,(H,17,19)/t13-;10-;9-/m111/s1. The molecule has 0 unspecified atom stereocenters. The Bertz CT molecular complexity index is 2270. The molecule has 0 bridgehead atoms. The second-order valence-electron chi connectivity index (χ2n) is 18.3. The highest BCUT2D eigenvalue weighted by atomic mass is 19.4. The average molecular weight is 992 g/mol. The van der Waals surface area contributed by atoms with Gasteiger partial charge in [-0.3, -0.25) is 24.3 Å². The van der Waals surface area contributed by atoms with Crippen molar-refractivity contribution in [3.8, 4) is 0 Å². The zero-order valence-corrected chi connectivity index (χ0v) is 39.1. The number of rotatable bonds is 10. The highest BCUT2D eigenvalue weighted by Gasteiger charge is 2.43. The summed E-state index contributed by atoms with van der Waals surface area (Å²) in [6, 6.07) is 4.23. The monoisotopic (exact) mass is 991 g/mol. The summed E-state index contributed by atoms with van der Waals surface area (Å²) in [6.07, 6.45) is -10.5. The van der Waals surface area contributed by atoms with Crippen LogP contribution in [0, 0.1) is 17.8 Å². The fourth-order valence-electron chi connectivity index (χ4n) is 7.22. The van der Waals surface area contributed by atoms with E-state index in [4.69, 9.17) is 9.84 Å². The van der Waals surface area contributed by atoms with Crippen LogP contribution in [-0.4, -0.2) is 116 Å². The van der Waals surface area contributed by atoms with Crippen molar-refractivity contribution in [3.63, 3.8) is 0 Å². The Kier molecular flexibility index (Phi) is 17.2. The summed E-state index contributed by atoms with van der Waals surface area (Å²) in [5.41, 5.74) is -2.87. The Hall–Kier alpha value is -6.43. The minimum absolute atomic E-state index is 0.00482. The molecule has 3 aromatic heterocycles. The lowest BCUT2D eigenvalue weighted by molar-refractivity contribution is -0.156. The topological polar surface area (TPSA) is 182 Å². The molecule has 6 rings (SSSR count). The first-order chi connectivity index (χ1) is 31.7. The molecule has 0 spiro atoms. The van der Waals surface area contributed by atoms with E-state index in [1.165, 1.54) is 36.6 Å². The average Bonchev–Trinajstić information content (AvgIpc) is 3.89. The summed E-state index contributed by atoms with van der Waals surface area (Å²) < 4.78 is 118. The number of nitrogens with zero attached hydrogens (tertiary/aromatic N) is 8. The van der Waals surface area contributed by atoms with E-state index in [-0.39, 0.29) is 72.9 Å². The third-order valence-electron chi connectivity index (χ3n) is 10.8. The van der Waals surface area contributed by atoms with Crippen molar-refractivity contribution in [2.45, 2.75) is 105 Å². The molecule has 0 radical (unpaired) electrons. The fourth-order valence-corrected chi connectivity index (χ4v) is 7.22. The lowest BCUT2D eigenvalue weighted by Crippen LogP contribution is -2.43. The van der Waals surface area contributed by atoms with Gasteiger partial charge in [0.2, 0.25) is 0 Å². The Morgan fingerprint density at radius 3 is 1.25 bits per heavy atom.